The van der Waals surface area contributed by atoms with E-state index in [0.29, 0.717) is 24.7 Å². The lowest BCUT2D eigenvalue weighted by Crippen LogP contribution is -2.36. The van der Waals surface area contributed by atoms with Gasteiger partial charge >= 0.3 is 5.69 Å². The third-order valence-corrected chi connectivity index (χ3v) is 4.46. The molecule has 1 aliphatic carbocycles. The largest absolute Gasteiger partial charge is 0.488 e. The summed E-state index contributed by atoms with van der Waals surface area (Å²) in [5.74, 6) is 1.35. The van der Waals surface area contributed by atoms with Crippen molar-refractivity contribution in [2.45, 2.75) is 51.7 Å². The van der Waals surface area contributed by atoms with Crippen LogP contribution < -0.4 is 14.4 Å². The lowest BCUT2D eigenvalue weighted by Gasteiger charge is -2.31. The highest BCUT2D eigenvalue weighted by atomic mass is 16.5. The van der Waals surface area contributed by atoms with Gasteiger partial charge in [0.15, 0.2) is 10.7 Å². The van der Waals surface area contributed by atoms with Crippen LogP contribution in [0.25, 0.3) is 4.98 Å². The molecule has 1 heterocycles. The summed E-state index contributed by atoms with van der Waals surface area (Å²) in [5, 5.41) is 9.37. The van der Waals surface area contributed by atoms with Crippen LogP contribution in [0.2, 0.25) is 0 Å². The maximum Gasteiger partial charge on any atom is 0.430 e. The first kappa shape index (κ1) is 16.8. The molecule has 1 saturated heterocycles. The summed E-state index contributed by atoms with van der Waals surface area (Å²) in [6, 6.07) is 3.73. The number of anilines is 1. The maximum atomic E-state index is 9.37. The van der Waals surface area contributed by atoms with Crippen LogP contribution in [0, 0.1) is 5.39 Å². The van der Waals surface area contributed by atoms with Crippen molar-refractivity contribution < 1.29 is 14.2 Å². The molecule has 6 heteroatoms. The SMILES string of the molecule is CC(C)Oc1cc(N2CCOCC2)c(OC2CCCC2)cc1[N+]#N. The summed E-state index contributed by atoms with van der Waals surface area (Å²) < 4.78 is 17.5. The number of ether oxygens (including phenoxy) is 3. The minimum Gasteiger partial charge on any atom is -0.488 e. The molecule has 0 unspecified atom stereocenters. The van der Waals surface area contributed by atoms with Crippen LogP contribution in [-0.4, -0.2) is 38.5 Å². The molecular formula is C18H26N3O3+. The quantitative estimate of drug-likeness (QED) is 0.759. The fourth-order valence-electron chi connectivity index (χ4n) is 3.30. The second-order valence-electron chi connectivity index (χ2n) is 6.68. The van der Waals surface area contributed by atoms with Crippen molar-refractivity contribution in [3.05, 3.63) is 17.1 Å². The minimum absolute atomic E-state index is 0.00430. The Bertz CT molecular complexity index is 600. The second kappa shape index (κ2) is 7.71. The van der Waals surface area contributed by atoms with Crippen LogP contribution in [0.3, 0.4) is 0 Å². The van der Waals surface area contributed by atoms with E-state index in [1.165, 1.54) is 12.8 Å². The zero-order valence-corrected chi connectivity index (χ0v) is 14.5. The number of nitrogens with zero attached hydrogens (tertiary/aromatic N) is 3. The van der Waals surface area contributed by atoms with E-state index in [2.05, 4.69) is 9.88 Å². The molecule has 1 saturated carbocycles. The predicted molar refractivity (Wildman–Crippen MR) is 92.9 cm³/mol. The van der Waals surface area contributed by atoms with Crippen molar-refractivity contribution >= 4 is 11.4 Å². The summed E-state index contributed by atoms with van der Waals surface area (Å²) in [5.41, 5.74) is 1.40. The first-order valence-electron chi connectivity index (χ1n) is 8.86. The Morgan fingerprint density at radius 2 is 1.88 bits per heavy atom. The summed E-state index contributed by atoms with van der Waals surface area (Å²) in [6.07, 6.45) is 4.83. The van der Waals surface area contributed by atoms with Gasteiger partial charge in [-0.25, -0.2) is 0 Å². The number of morpholine rings is 1. The van der Waals surface area contributed by atoms with Gasteiger partial charge in [0.1, 0.15) is 0 Å². The van der Waals surface area contributed by atoms with Crippen LogP contribution >= 0.6 is 0 Å². The van der Waals surface area contributed by atoms with Gasteiger partial charge in [0.05, 0.1) is 37.2 Å². The summed E-state index contributed by atoms with van der Waals surface area (Å²) >= 11 is 0. The lowest BCUT2D eigenvalue weighted by atomic mass is 10.2. The van der Waals surface area contributed by atoms with Crippen LogP contribution in [0.15, 0.2) is 12.1 Å². The summed E-state index contributed by atoms with van der Waals surface area (Å²) in [6.45, 7) is 6.96. The Morgan fingerprint density at radius 3 is 2.50 bits per heavy atom. The van der Waals surface area contributed by atoms with Crippen LogP contribution in [0.5, 0.6) is 11.5 Å². The highest BCUT2D eigenvalue weighted by Gasteiger charge is 2.27. The van der Waals surface area contributed by atoms with Gasteiger partial charge in [0, 0.05) is 19.2 Å². The average Bonchev–Trinajstić information content (AvgIpc) is 3.09. The molecule has 0 aromatic heterocycles. The first-order chi connectivity index (χ1) is 11.7. The summed E-state index contributed by atoms with van der Waals surface area (Å²) in [4.78, 5) is 5.65. The standard InChI is InChI=1S/C18H26N3O3/c1-13(2)23-17-12-16(21-7-9-22-10-8-21)18(11-15(17)20-19)24-14-5-3-4-6-14/h11-14H,3-10H2,1-2H3/q+1. The monoisotopic (exact) mass is 332 g/mol. The third kappa shape index (κ3) is 3.90. The number of hydrogen-bond donors (Lipinski definition) is 0. The molecule has 0 bridgehead atoms. The van der Waals surface area contributed by atoms with E-state index in [0.717, 1.165) is 37.4 Å². The number of rotatable bonds is 5. The van der Waals surface area contributed by atoms with Crippen molar-refractivity contribution in [1.82, 2.24) is 0 Å². The molecule has 2 aliphatic rings. The van der Waals surface area contributed by atoms with Crippen molar-refractivity contribution in [3.63, 3.8) is 0 Å². The Balaban J connectivity index is 1.95. The van der Waals surface area contributed by atoms with Gasteiger partial charge in [-0.3, -0.25) is 0 Å². The normalized spacial score (nSPS) is 18.7. The van der Waals surface area contributed by atoms with Crippen LogP contribution in [0.4, 0.5) is 11.4 Å². The van der Waals surface area contributed by atoms with Crippen LogP contribution in [-0.2, 0) is 4.74 Å². The Kier molecular flexibility index (Phi) is 5.41. The molecule has 0 spiro atoms. The molecular weight excluding hydrogens is 306 g/mol. The van der Waals surface area contributed by atoms with Crippen LogP contribution in [0.1, 0.15) is 39.5 Å². The molecule has 3 rings (SSSR count). The molecule has 130 valence electrons. The zero-order valence-electron chi connectivity index (χ0n) is 14.5. The minimum atomic E-state index is 0.00430. The van der Waals surface area contributed by atoms with Crippen molar-refractivity contribution in [2.24, 2.45) is 0 Å². The number of benzene rings is 1. The third-order valence-electron chi connectivity index (χ3n) is 4.46. The highest BCUT2D eigenvalue weighted by Crippen LogP contribution is 2.42. The molecule has 6 nitrogen and oxygen atoms in total. The van der Waals surface area contributed by atoms with Gasteiger partial charge in [-0.05, 0) is 39.5 Å². The molecule has 1 aliphatic heterocycles. The first-order valence-corrected chi connectivity index (χ1v) is 8.86. The van der Waals surface area contributed by atoms with Crippen molar-refractivity contribution in [3.8, 4) is 11.5 Å². The summed E-state index contributed by atoms with van der Waals surface area (Å²) in [7, 11) is 0. The smallest absolute Gasteiger partial charge is 0.430 e. The van der Waals surface area contributed by atoms with E-state index >= 15 is 0 Å². The van der Waals surface area contributed by atoms with Gasteiger partial charge in [-0.2, -0.15) is 0 Å². The highest BCUT2D eigenvalue weighted by molar-refractivity contribution is 5.72. The van der Waals surface area contributed by atoms with E-state index in [-0.39, 0.29) is 12.2 Å². The second-order valence-corrected chi connectivity index (χ2v) is 6.68. The molecule has 1 aromatic carbocycles. The zero-order chi connectivity index (χ0) is 16.9. The molecule has 0 atom stereocenters. The van der Waals surface area contributed by atoms with Gasteiger partial charge < -0.3 is 19.1 Å². The Morgan fingerprint density at radius 1 is 1.17 bits per heavy atom. The molecule has 1 aromatic rings. The average molecular weight is 332 g/mol. The van der Waals surface area contributed by atoms with E-state index in [9.17, 15) is 5.39 Å². The molecule has 24 heavy (non-hydrogen) atoms. The maximum absolute atomic E-state index is 9.37. The fourth-order valence-corrected chi connectivity index (χ4v) is 3.30. The lowest BCUT2D eigenvalue weighted by molar-refractivity contribution is 0.122. The van der Waals surface area contributed by atoms with Crippen molar-refractivity contribution in [1.29, 1.82) is 5.39 Å². The number of diazo groups is 1. The molecule has 0 radical (unpaired) electrons. The topological polar surface area (TPSA) is 59.1 Å². The van der Waals surface area contributed by atoms with Crippen molar-refractivity contribution in [2.75, 3.05) is 31.2 Å². The van der Waals surface area contributed by atoms with Gasteiger partial charge in [0.2, 0.25) is 11.1 Å². The fraction of sp³-hybridized carbons (Fsp3) is 0.667. The van der Waals surface area contributed by atoms with E-state index < -0.39 is 0 Å². The Labute approximate surface area is 143 Å². The van der Waals surface area contributed by atoms with Gasteiger partial charge in [-0.15, -0.1) is 0 Å². The number of hydrogen-bond acceptors (Lipinski definition) is 5. The molecule has 0 amide bonds. The molecule has 0 N–H and O–H groups in total. The Hall–Kier alpha value is -2.00. The van der Waals surface area contributed by atoms with E-state index in [1.54, 1.807) is 6.07 Å². The predicted octanol–water partition coefficient (Wildman–Crippen LogP) is 4.12. The van der Waals surface area contributed by atoms with Gasteiger partial charge in [0.25, 0.3) is 0 Å². The van der Waals surface area contributed by atoms with E-state index in [4.69, 9.17) is 14.2 Å². The molecule has 2 fully saturated rings. The van der Waals surface area contributed by atoms with E-state index in [1.807, 2.05) is 19.9 Å². The van der Waals surface area contributed by atoms with Gasteiger partial charge in [-0.1, -0.05) is 0 Å².